The fraction of sp³-hybridized carbons (Fsp3) is 0.500. The second-order valence-corrected chi connectivity index (χ2v) is 5.33. The first-order valence-electron chi connectivity index (χ1n) is 6.87. The first kappa shape index (κ1) is 16.3. The number of halogens is 3. The number of nitro groups is 1. The van der Waals surface area contributed by atoms with Crippen LogP contribution in [0.25, 0.3) is 0 Å². The van der Waals surface area contributed by atoms with Crippen molar-refractivity contribution in [1.82, 2.24) is 4.90 Å². The number of rotatable bonds is 6. The molecule has 1 aliphatic carbocycles. The standard InChI is InChI=1S/C14H15F3N2O3/c15-14(16,17)7-8-18(9-10-5-6-10)13(20)11-3-1-2-4-12(11)19(21)22/h1-4,10H,5-9H2. The van der Waals surface area contributed by atoms with Crippen LogP contribution in [-0.2, 0) is 0 Å². The van der Waals surface area contributed by atoms with E-state index >= 15 is 0 Å². The second-order valence-electron chi connectivity index (χ2n) is 5.33. The van der Waals surface area contributed by atoms with Gasteiger partial charge in [0.1, 0.15) is 5.56 Å². The minimum Gasteiger partial charge on any atom is -0.338 e. The van der Waals surface area contributed by atoms with E-state index in [0.717, 1.165) is 17.7 Å². The molecule has 0 spiro atoms. The monoisotopic (exact) mass is 316 g/mol. The predicted octanol–water partition coefficient (Wildman–Crippen LogP) is 3.40. The van der Waals surface area contributed by atoms with Crippen molar-refractivity contribution in [3.8, 4) is 0 Å². The van der Waals surface area contributed by atoms with Crippen molar-refractivity contribution in [2.24, 2.45) is 5.92 Å². The first-order valence-corrected chi connectivity index (χ1v) is 6.87. The van der Waals surface area contributed by atoms with Crippen molar-refractivity contribution in [3.05, 3.63) is 39.9 Å². The molecule has 0 N–H and O–H groups in total. The van der Waals surface area contributed by atoms with Gasteiger partial charge in [0.05, 0.1) is 11.3 Å². The van der Waals surface area contributed by atoms with Crippen LogP contribution in [0.1, 0.15) is 29.6 Å². The van der Waals surface area contributed by atoms with Crippen molar-refractivity contribution in [3.63, 3.8) is 0 Å². The zero-order chi connectivity index (χ0) is 16.3. The largest absolute Gasteiger partial charge is 0.390 e. The molecule has 1 aromatic carbocycles. The lowest BCUT2D eigenvalue weighted by Crippen LogP contribution is -2.36. The van der Waals surface area contributed by atoms with E-state index in [4.69, 9.17) is 0 Å². The molecular weight excluding hydrogens is 301 g/mol. The molecule has 0 radical (unpaired) electrons. The van der Waals surface area contributed by atoms with E-state index in [0.29, 0.717) is 0 Å². The maximum Gasteiger partial charge on any atom is 0.390 e. The second kappa shape index (κ2) is 6.33. The molecule has 22 heavy (non-hydrogen) atoms. The van der Waals surface area contributed by atoms with Gasteiger partial charge in [-0.15, -0.1) is 0 Å². The predicted molar refractivity (Wildman–Crippen MR) is 72.4 cm³/mol. The van der Waals surface area contributed by atoms with Gasteiger partial charge in [-0.2, -0.15) is 13.2 Å². The molecule has 0 bridgehead atoms. The van der Waals surface area contributed by atoms with Crippen LogP contribution in [0.4, 0.5) is 18.9 Å². The number of nitrogens with zero attached hydrogens (tertiary/aromatic N) is 2. The van der Waals surface area contributed by atoms with Crippen LogP contribution in [0.3, 0.4) is 0 Å². The fourth-order valence-electron chi connectivity index (χ4n) is 2.13. The summed E-state index contributed by atoms with van der Waals surface area (Å²) in [6.07, 6.45) is -3.75. The minimum atomic E-state index is -4.37. The van der Waals surface area contributed by atoms with Crippen molar-refractivity contribution in [2.45, 2.75) is 25.4 Å². The highest BCUT2D eigenvalue weighted by Gasteiger charge is 2.33. The number of carbonyl (C=O) groups is 1. The minimum absolute atomic E-state index is 0.171. The van der Waals surface area contributed by atoms with Gasteiger partial charge in [0.25, 0.3) is 11.6 Å². The highest BCUT2D eigenvalue weighted by Crippen LogP contribution is 2.31. The van der Waals surface area contributed by atoms with Gasteiger partial charge in [0.15, 0.2) is 0 Å². The van der Waals surface area contributed by atoms with Crippen LogP contribution >= 0.6 is 0 Å². The Kier molecular flexibility index (Phi) is 4.68. The quantitative estimate of drug-likeness (QED) is 0.597. The third-order valence-corrected chi connectivity index (χ3v) is 3.46. The Morgan fingerprint density at radius 3 is 2.50 bits per heavy atom. The molecule has 1 saturated carbocycles. The Morgan fingerprint density at radius 1 is 1.32 bits per heavy atom. The molecule has 2 rings (SSSR count). The maximum atomic E-state index is 12.4. The molecule has 120 valence electrons. The number of para-hydroxylation sites is 1. The number of hydrogen-bond acceptors (Lipinski definition) is 3. The molecule has 5 nitrogen and oxygen atoms in total. The SMILES string of the molecule is O=C(c1ccccc1[N+](=O)[O-])N(CCC(F)(F)F)CC1CC1. The van der Waals surface area contributed by atoms with Crippen LogP contribution in [0.15, 0.2) is 24.3 Å². The summed E-state index contributed by atoms with van der Waals surface area (Å²) in [5.41, 5.74) is -0.560. The summed E-state index contributed by atoms with van der Waals surface area (Å²) in [6.45, 7) is -0.272. The fourth-order valence-corrected chi connectivity index (χ4v) is 2.13. The average molecular weight is 316 g/mol. The van der Waals surface area contributed by atoms with E-state index in [-0.39, 0.29) is 23.7 Å². The lowest BCUT2D eigenvalue weighted by Gasteiger charge is -2.23. The first-order chi connectivity index (χ1) is 10.3. The molecule has 0 aromatic heterocycles. The van der Waals surface area contributed by atoms with Crippen LogP contribution < -0.4 is 0 Å². The Labute approximate surface area is 124 Å². The van der Waals surface area contributed by atoms with Gasteiger partial charge in [-0.05, 0) is 24.8 Å². The molecule has 0 atom stereocenters. The van der Waals surface area contributed by atoms with E-state index in [9.17, 15) is 28.1 Å². The van der Waals surface area contributed by atoms with Crippen LogP contribution in [0.5, 0.6) is 0 Å². The van der Waals surface area contributed by atoms with Gasteiger partial charge >= 0.3 is 6.18 Å². The molecule has 0 saturated heterocycles. The van der Waals surface area contributed by atoms with Crippen molar-refractivity contribution < 1.29 is 22.9 Å². The zero-order valence-corrected chi connectivity index (χ0v) is 11.7. The van der Waals surface area contributed by atoms with Gasteiger partial charge in [0, 0.05) is 19.2 Å². The Hall–Kier alpha value is -2.12. The smallest absolute Gasteiger partial charge is 0.338 e. The van der Waals surface area contributed by atoms with Gasteiger partial charge in [0.2, 0.25) is 0 Å². The zero-order valence-electron chi connectivity index (χ0n) is 11.7. The summed E-state index contributed by atoms with van der Waals surface area (Å²) in [4.78, 5) is 23.7. The van der Waals surface area contributed by atoms with E-state index in [1.54, 1.807) is 0 Å². The number of amides is 1. The Morgan fingerprint density at radius 2 is 1.95 bits per heavy atom. The van der Waals surface area contributed by atoms with Crippen molar-refractivity contribution in [1.29, 1.82) is 0 Å². The molecule has 1 fully saturated rings. The molecule has 1 amide bonds. The van der Waals surface area contributed by atoms with Gasteiger partial charge in [-0.3, -0.25) is 14.9 Å². The average Bonchev–Trinajstić information content (AvgIpc) is 3.25. The van der Waals surface area contributed by atoms with Crippen LogP contribution in [0.2, 0.25) is 0 Å². The third kappa shape index (κ3) is 4.44. The number of carbonyl (C=O) groups excluding carboxylic acids is 1. The highest BCUT2D eigenvalue weighted by molar-refractivity contribution is 5.98. The summed E-state index contributed by atoms with van der Waals surface area (Å²) in [5.74, 6) is -0.525. The molecule has 0 aliphatic heterocycles. The Balaban J connectivity index is 2.19. The summed E-state index contributed by atoms with van der Waals surface area (Å²) in [5, 5.41) is 11.0. The normalized spacial score (nSPS) is 14.7. The summed E-state index contributed by atoms with van der Waals surface area (Å²) in [7, 11) is 0. The number of benzene rings is 1. The summed E-state index contributed by atoms with van der Waals surface area (Å²) < 4.78 is 37.2. The highest BCUT2D eigenvalue weighted by atomic mass is 19.4. The topological polar surface area (TPSA) is 63.4 Å². The lowest BCUT2D eigenvalue weighted by molar-refractivity contribution is -0.385. The van der Waals surface area contributed by atoms with E-state index in [1.165, 1.54) is 24.3 Å². The summed E-state index contributed by atoms with van der Waals surface area (Å²) >= 11 is 0. The molecule has 0 heterocycles. The van der Waals surface area contributed by atoms with E-state index in [2.05, 4.69) is 0 Å². The van der Waals surface area contributed by atoms with Crippen molar-refractivity contribution in [2.75, 3.05) is 13.1 Å². The van der Waals surface area contributed by atoms with Gasteiger partial charge in [-0.1, -0.05) is 12.1 Å². The summed E-state index contributed by atoms with van der Waals surface area (Å²) in [6, 6.07) is 5.31. The maximum absolute atomic E-state index is 12.4. The van der Waals surface area contributed by atoms with E-state index in [1.807, 2.05) is 0 Å². The molecule has 0 unspecified atom stereocenters. The van der Waals surface area contributed by atoms with Crippen molar-refractivity contribution >= 4 is 11.6 Å². The Bertz CT molecular complexity index is 571. The number of nitro benzene ring substituents is 1. The van der Waals surface area contributed by atoms with Gasteiger partial charge < -0.3 is 4.90 Å². The lowest BCUT2D eigenvalue weighted by atomic mass is 10.1. The molecular formula is C14H15F3N2O3. The molecule has 1 aliphatic rings. The number of alkyl halides is 3. The van der Waals surface area contributed by atoms with Crippen LogP contribution in [0, 0.1) is 16.0 Å². The van der Waals surface area contributed by atoms with E-state index < -0.39 is 30.0 Å². The molecule has 8 heteroatoms. The van der Waals surface area contributed by atoms with Gasteiger partial charge in [-0.25, -0.2) is 0 Å². The molecule has 1 aromatic rings. The van der Waals surface area contributed by atoms with Crippen LogP contribution in [-0.4, -0.2) is 35.0 Å². The number of hydrogen-bond donors (Lipinski definition) is 0. The third-order valence-electron chi connectivity index (χ3n) is 3.46.